The second-order valence-electron chi connectivity index (χ2n) is 7.29. The summed E-state index contributed by atoms with van der Waals surface area (Å²) < 4.78 is 12.9. The molecule has 1 aliphatic rings. The van der Waals surface area contributed by atoms with Gasteiger partial charge in [-0.1, -0.05) is 25.3 Å². The Kier molecular flexibility index (Phi) is 6.59. The van der Waals surface area contributed by atoms with Crippen LogP contribution >= 0.6 is 11.3 Å². The van der Waals surface area contributed by atoms with Gasteiger partial charge in [-0.15, -0.1) is 11.3 Å². The van der Waals surface area contributed by atoms with Gasteiger partial charge in [0, 0.05) is 17.1 Å². The summed E-state index contributed by atoms with van der Waals surface area (Å²) >= 11 is 1.52. The van der Waals surface area contributed by atoms with E-state index in [1.165, 1.54) is 30.6 Å². The summed E-state index contributed by atoms with van der Waals surface area (Å²) in [4.78, 5) is 22.3. The molecule has 1 saturated carbocycles. The maximum absolute atomic E-state index is 13.2. The highest BCUT2D eigenvalue weighted by atomic mass is 32.1. The molecule has 0 bridgehead atoms. The molecule has 6 nitrogen and oxygen atoms in total. The Morgan fingerprint density at radius 3 is 2.83 bits per heavy atom. The van der Waals surface area contributed by atoms with Gasteiger partial charge in [0.25, 0.3) is 5.91 Å². The lowest BCUT2D eigenvalue weighted by Crippen LogP contribution is -2.29. The summed E-state index contributed by atoms with van der Waals surface area (Å²) in [6.07, 6.45) is 7.62. The third kappa shape index (κ3) is 4.79. The predicted octanol–water partition coefficient (Wildman–Crippen LogP) is 4.45. The topological polar surface area (TPSA) is 65.7 Å². The fraction of sp³-hybridized carbons (Fsp3) is 0.348. The van der Waals surface area contributed by atoms with E-state index >= 15 is 0 Å². The molecule has 2 heterocycles. The van der Waals surface area contributed by atoms with Crippen molar-refractivity contribution in [2.75, 3.05) is 7.11 Å². The zero-order valence-corrected chi connectivity index (χ0v) is 17.8. The molecule has 7 heteroatoms. The van der Waals surface area contributed by atoms with E-state index in [0.717, 1.165) is 18.5 Å². The Hall–Kier alpha value is -2.93. The first-order valence-corrected chi connectivity index (χ1v) is 11.1. The fourth-order valence-corrected chi connectivity index (χ4v) is 4.17. The van der Waals surface area contributed by atoms with Crippen molar-refractivity contribution >= 4 is 17.2 Å². The quantitative estimate of drug-likeness (QED) is 0.587. The smallest absolute Gasteiger partial charge is 0.263 e. The number of hydrogen-bond donors (Lipinski definition) is 0. The molecule has 3 aromatic rings. The third-order valence-corrected chi connectivity index (χ3v) is 5.85. The number of carbonyl (C=O) groups is 1. The Bertz CT molecular complexity index is 1050. The number of rotatable bonds is 6. The molecule has 0 amide bonds. The first-order chi connectivity index (χ1) is 14.7. The van der Waals surface area contributed by atoms with Crippen LogP contribution in [0.15, 0.2) is 58.5 Å². The zero-order chi connectivity index (χ0) is 20.8. The standard InChI is InChI=1S/C23H25N3O3S/c1-28-21-13-17(10-11-20(21)29-14-19-15-30-16-24-19)23(27)26-12-6-5-9-22(26)25-18-7-3-2-4-8-18/h5-6,9-13,15-16,18H,2-4,7-8,14H2,1H3. The summed E-state index contributed by atoms with van der Waals surface area (Å²) in [5.74, 6) is 0.945. The van der Waals surface area contributed by atoms with Gasteiger partial charge < -0.3 is 9.47 Å². The van der Waals surface area contributed by atoms with Crippen LogP contribution < -0.4 is 15.0 Å². The summed E-state index contributed by atoms with van der Waals surface area (Å²) in [6.45, 7) is 0.352. The minimum absolute atomic E-state index is 0.144. The number of thiazole rings is 1. The van der Waals surface area contributed by atoms with Crippen LogP contribution in [0.4, 0.5) is 0 Å². The number of nitrogens with zero attached hydrogens (tertiary/aromatic N) is 3. The van der Waals surface area contributed by atoms with Gasteiger partial charge in [0.1, 0.15) is 12.1 Å². The average Bonchev–Trinajstić information content (AvgIpc) is 3.32. The Morgan fingerprint density at radius 2 is 2.07 bits per heavy atom. The van der Waals surface area contributed by atoms with E-state index in [-0.39, 0.29) is 11.9 Å². The van der Waals surface area contributed by atoms with Crippen LogP contribution in [0.2, 0.25) is 0 Å². The van der Waals surface area contributed by atoms with Crippen molar-refractivity contribution in [3.05, 3.63) is 70.2 Å². The van der Waals surface area contributed by atoms with Gasteiger partial charge in [0.15, 0.2) is 11.5 Å². The molecule has 0 saturated heterocycles. The van der Waals surface area contributed by atoms with Crippen LogP contribution in [0.5, 0.6) is 11.5 Å². The Labute approximate surface area is 179 Å². The summed E-state index contributed by atoms with van der Waals surface area (Å²) in [6, 6.07) is 11.2. The third-order valence-electron chi connectivity index (χ3n) is 5.22. The molecule has 1 fully saturated rings. The largest absolute Gasteiger partial charge is 0.493 e. The summed E-state index contributed by atoms with van der Waals surface area (Å²) in [7, 11) is 1.57. The van der Waals surface area contributed by atoms with E-state index < -0.39 is 0 Å². The molecule has 0 radical (unpaired) electrons. The molecular weight excluding hydrogens is 398 g/mol. The highest BCUT2D eigenvalue weighted by Gasteiger charge is 2.16. The molecule has 156 valence electrons. The lowest BCUT2D eigenvalue weighted by molar-refractivity contribution is 0.0954. The summed E-state index contributed by atoms with van der Waals surface area (Å²) in [5, 5.41) is 1.94. The number of aromatic nitrogens is 2. The van der Waals surface area contributed by atoms with Crippen molar-refractivity contribution < 1.29 is 14.3 Å². The normalized spacial score (nSPS) is 15.2. The predicted molar refractivity (Wildman–Crippen MR) is 116 cm³/mol. The molecule has 4 rings (SSSR count). The number of methoxy groups -OCH3 is 1. The van der Waals surface area contributed by atoms with Gasteiger partial charge in [-0.3, -0.25) is 14.4 Å². The first-order valence-electron chi connectivity index (χ1n) is 10.2. The maximum Gasteiger partial charge on any atom is 0.263 e. The molecule has 0 unspecified atom stereocenters. The van der Waals surface area contributed by atoms with E-state index in [1.807, 2.05) is 23.6 Å². The molecule has 0 atom stereocenters. The highest BCUT2D eigenvalue weighted by Crippen LogP contribution is 2.29. The van der Waals surface area contributed by atoms with Gasteiger partial charge in [-0.25, -0.2) is 4.98 Å². The van der Waals surface area contributed by atoms with Gasteiger partial charge >= 0.3 is 0 Å². The van der Waals surface area contributed by atoms with Crippen molar-refractivity contribution in [2.45, 2.75) is 44.8 Å². The number of benzene rings is 1. The highest BCUT2D eigenvalue weighted by molar-refractivity contribution is 7.07. The van der Waals surface area contributed by atoms with E-state index in [9.17, 15) is 4.79 Å². The molecule has 0 spiro atoms. The molecule has 0 aliphatic heterocycles. The van der Waals surface area contributed by atoms with Gasteiger partial charge in [-0.2, -0.15) is 0 Å². The molecule has 2 aromatic heterocycles. The van der Waals surface area contributed by atoms with Crippen molar-refractivity contribution in [1.29, 1.82) is 0 Å². The van der Waals surface area contributed by atoms with E-state index in [4.69, 9.17) is 14.5 Å². The molecule has 0 N–H and O–H groups in total. The number of pyridine rings is 1. The Balaban J connectivity index is 1.58. The van der Waals surface area contributed by atoms with E-state index in [1.54, 1.807) is 41.6 Å². The molecular formula is C23H25N3O3S. The minimum atomic E-state index is -0.144. The SMILES string of the molecule is COc1cc(C(=O)n2ccccc2=NC2CCCCC2)ccc1OCc1cscn1. The lowest BCUT2D eigenvalue weighted by atomic mass is 9.96. The summed E-state index contributed by atoms with van der Waals surface area (Å²) in [5.41, 5.74) is 3.84. The fourth-order valence-electron chi connectivity index (χ4n) is 3.63. The van der Waals surface area contributed by atoms with E-state index in [2.05, 4.69) is 4.98 Å². The van der Waals surface area contributed by atoms with Crippen molar-refractivity contribution in [3.8, 4) is 11.5 Å². The van der Waals surface area contributed by atoms with Gasteiger partial charge in [-0.05, 0) is 43.2 Å². The zero-order valence-electron chi connectivity index (χ0n) is 17.0. The average molecular weight is 424 g/mol. The number of ether oxygens (including phenoxy) is 2. The van der Waals surface area contributed by atoms with Crippen LogP contribution in [0, 0.1) is 0 Å². The lowest BCUT2D eigenvalue weighted by Gasteiger charge is -2.18. The van der Waals surface area contributed by atoms with Crippen LogP contribution in [-0.4, -0.2) is 28.6 Å². The molecule has 1 aliphatic carbocycles. The van der Waals surface area contributed by atoms with Crippen LogP contribution in [0.1, 0.15) is 48.2 Å². The van der Waals surface area contributed by atoms with Crippen LogP contribution in [0.3, 0.4) is 0 Å². The second kappa shape index (κ2) is 9.71. The molecule has 1 aromatic carbocycles. The van der Waals surface area contributed by atoms with Crippen LogP contribution in [-0.2, 0) is 6.61 Å². The van der Waals surface area contributed by atoms with E-state index in [0.29, 0.717) is 29.2 Å². The van der Waals surface area contributed by atoms with Gasteiger partial charge in [0.05, 0.1) is 24.4 Å². The first kappa shape index (κ1) is 20.3. The molecule has 30 heavy (non-hydrogen) atoms. The van der Waals surface area contributed by atoms with Crippen molar-refractivity contribution in [2.24, 2.45) is 4.99 Å². The monoisotopic (exact) mass is 423 g/mol. The maximum atomic E-state index is 13.2. The van der Waals surface area contributed by atoms with Crippen molar-refractivity contribution in [3.63, 3.8) is 0 Å². The number of hydrogen-bond acceptors (Lipinski definition) is 6. The minimum Gasteiger partial charge on any atom is -0.493 e. The van der Waals surface area contributed by atoms with Crippen LogP contribution in [0.25, 0.3) is 0 Å². The number of carbonyl (C=O) groups excluding carboxylic acids is 1. The Morgan fingerprint density at radius 1 is 1.20 bits per heavy atom. The van der Waals surface area contributed by atoms with Gasteiger partial charge in [0.2, 0.25) is 0 Å². The van der Waals surface area contributed by atoms with Crippen molar-refractivity contribution in [1.82, 2.24) is 9.55 Å². The second-order valence-corrected chi connectivity index (χ2v) is 8.01.